The lowest BCUT2D eigenvalue weighted by Gasteiger charge is -2.26. The van der Waals surface area contributed by atoms with Crippen LogP contribution in [0, 0.1) is 11.1 Å². The predicted octanol–water partition coefficient (Wildman–Crippen LogP) is 5.75. The summed E-state index contributed by atoms with van der Waals surface area (Å²) in [7, 11) is -3.90. The molecule has 2 N–H and O–H groups in total. The topological polar surface area (TPSA) is 151 Å². The first kappa shape index (κ1) is 39.4. The van der Waals surface area contributed by atoms with Crippen LogP contribution in [0.25, 0.3) is 0 Å². The van der Waals surface area contributed by atoms with E-state index in [1.165, 1.54) is 24.3 Å². The number of carbonyl (C=O) groups is 1. The first-order valence-corrected chi connectivity index (χ1v) is 17.9. The summed E-state index contributed by atoms with van der Waals surface area (Å²) in [5.74, 6) is -1.49. The first-order chi connectivity index (χ1) is 23.4. The van der Waals surface area contributed by atoms with Gasteiger partial charge >= 0.3 is 12.6 Å². The van der Waals surface area contributed by atoms with E-state index < -0.39 is 34.5 Å². The molecule has 12 nitrogen and oxygen atoms in total. The molecule has 0 amide bonds. The van der Waals surface area contributed by atoms with Crippen LogP contribution in [0.15, 0.2) is 48.8 Å². The van der Waals surface area contributed by atoms with Crippen molar-refractivity contribution in [2.75, 3.05) is 49.9 Å². The minimum Gasteiger partial charge on any atom is -0.619 e. The van der Waals surface area contributed by atoms with Gasteiger partial charge in [0, 0.05) is 25.1 Å². The summed E-state index contributed by atoms with van der Waals surface area (Å²) >= 11 is 12.7. The van der Waals surface area contributed by atoms with Crippen LogP contribution in [-0.4, -0.2) is 76.2 Å². The van der Waals surface area contributed by atoms with Crippen LogP contribution in [0.4, 0.5) is 14.5 Å². The first-order valence-electron chi connectivity index (χ1n) is 15.5. The minimum atomic E-state index is -3.90. The largest absolute Gasteiger partial charge is 0.619 e. The molecule has 0 spiro atoms. The van der Waals surface area contributed by atoms with Crippen LogP contribution in [0.2, 0.25) is 10.0 Å². The van der Waals surface area contributed by atoms with Crippen molar-refractivity contribution in [3.63, 3.8) is 0 Å². The number of ether oxygens (including phenoxy) is 4. The molecule has 50 heavy (non-hydrogen) atoms. The van der Waals surface area contributed by atoms with Crippen LogP contribution in [-0.2, 0) is 25.9 Å². The van der Waals surface area contributed by atoms with Crippen LogP contribution >= 0.6 is 35.6 Å². The van der Waals surface area contributed by atoms with E-state index in [-0.39, 0.29) is 75.5 Å². The van der Waals surface area contributed by atoms with Crippen molar-refractivity contribution in [2.45, 2.75) is 38.4 Å². The molecule has 2 aromatic carbocycles. The van der Waals surface area contributed by atoms with Crippen LogP contribution in [0.3, 0.4) is 0 Å². The number of esters is 1. The summed E-state index contributed by atoms with van der Waals surface area (Å²) < 4.78 is 76.4. The van der Waals surface area contributed by atoms with E-state index in [4.69, 9.17) is 37.4 Å². The van der Waals surface area contributed by atoms with E-state index in [0.29, 0.717) is 49.6 Å². The zero-order valence-corrected chi connectivity index (χ0v) is 29.7. The zero-order chi connectivity index (χ0) is 35.1. The minimum absolute atomic E-state index is 0. The third-order valence-corrected chi connectivity index (χ3v) is 9.92. The Kier molecular flexibility index (Phi) is 14.0. The van der Waals surface area contributed by atoms with Gasteiger partial charge in [0.25, 0.3) is 0 Å². The number of morpholine rings is 1. The Morgan fingerprint density at radius 1 is 1.10 bits per heavy atom. The lowest BCUT2D eigenvalue weighted by atomic mass is 10.0. The van der Waals surface area contributed by atoms with E-state index in [2.05, 4.69) is 14.4 Å². The Morgan fingerprint density at radius 2 is 1.80 bits per heavy atom. The molecule has 1 aliphatic carbocycles. The molecule has 274 valence electrons. The Morgan fingerprint density at radius 3 is 2.46 bits per heavy atom. The second-order valence-corrected chi connectivity index (χ2v) is 14.3. The van der Waals surface area contributed by atoms with Crippen molar-refractivity contribution in [3.8, 4) is 17.2 Å². The number of phenolic OH excluding ortho intramolecular Hbond substituents is 1. The molecule has 0 bridgehead atoms. The molecule has 1 saturated heterocycles. The van der Waals surface area contributed by atoms with Gasteiger partial charge in [-0.3, -0.25) is 9.62 Å². The number of pyridine rings is 1. The quantitative estimate of drug-likeness (QED) is 0.0796. The highest BCUT2D eigenvalue weighted by molar-refractivity contribution is 7.92. The maximum atomic E-state index is 13.6. The zero-order valence-electron chi connectivity index (χ0n) is 26.6. The van der Waals surface area contributed by atoms with Crippen molar-refractivity contribution in [1.29, 1.82) is 0 Å². The summed E-state index contributed by atoms with van der Waals surface area (Å²) in [6.45, 7) is 0.300. The van der Waals surface area contributed by atoms with Gasteiger partial charge in [-0.05, 0) is 67.6 Å². The Hall–Kier alpha value is -3.34. The fraction of sp³-hybridized carbons (Fsp3) is 0.438. The van der Waals surface area contributed by atoms with E-state index in [1.54, 1.807) is 0 Å². The summed E-state index contributed by atoms with van der Waals surface area (Å²) in [4.78, 5) is 15.7. The molecule has 3 aromatic rings. The van der Waals surface area contributed by atoms with Crippen molar-refractivity contribution in [2.24, 2.45) is 5.92 Å². The number of rotatable bonds is 16. The van der Waals surface area contributed by atoms with E-state index in [9.17, 15) is 32.3 Å². The third-order valence-electron chi connectivity index (χ3n) is 7.91. The highest BCUT2D eigenvalue weighted by atomic mass is 35.5. The van der Waals surface area contributed by atoms with Crippen LogP contribution in [0.5, 0.6) is 17.2 Å². The lowest BCUT2D eigenvalue weighted by Crippen LogP contribution is -2.37. The molecular formula is C32H36Cl3F2N3O9S. The van der Waals surface area contributed by atoms with Gasteiger partial charge in [-0.25, -0.2) is 13.2 Å². The van der Waals surface area contributed by atoms with Crippen molar-refractivity contribution in [1.82, 2.24) is 4.90 Å². The summed E-state index contributed by atoms with van der Waals surface area (Å²) in [6, 6.07) is 7.61. The Balaban J connectivity index is 0.00000562. The fourth-order valence-corrected chi connectivity index (χ4v) is 6.83. The maximum Gasteiger partial charge on any atom is 0.387 e. The smallest absolute Gasteiger partial charge is 0.387 e. The summed E-state index contributed by atoms with van der Waals surface area (Å²) in [5, 5.41) is 22.3. The highest BCUT2D eigenvalue weighted by Gasteiger charge is 2.27. The molecule has 0 unspecified atom stereocenters. The molecule has 1 aliphatic heterocycles. The van der Waals surface area contributed by atoms with Gasteiger partial charge in [-0.15, -0.1) is 12.4 Å². The fourth-order valence-electron chi connectivity index (χ4n) is 5.13. The number of aromatic hydroxyl groups is 1. The van der Waals surface area contributed by atoms with Gasteiger partial charge < -0.3 is 29.3 Å². The summed E-state index contributed by atoms with van der Waals surface area (Å²) in [6.07, 6.45) is 3.05. The van der Waals surface area contributed by atoms with Gasteiger partial charge in [0.05, 0.1) is 36.8 Å². The molecule has 1 saturated carbocycles. The lowest BCUT2D eigenvalue weighted by molar-refractivity contribution is -0.605. The van der Waals surface area contributed by atoms with E-state index >= 15 is 0 Å². The van der Waals surface area contributed by atoms with Gasteiger partial charge in [0.2, 0.25) is 10.0 Å². The van der Waals surface area contributed by atoms with Crippen LogP contribution in [0.1, 0.15) is 46.9 Å². The van der Waals surface area contributed by atoms with Crippen molar-refractivity contribution in [3.05, 3.63) is 80.7 Å². The second kappa shape index (κ2) is 17.7. The number of carbonyl (C=O) groups excluding carboxylic acids is 1. The predicted molar refractivity (Wildman–Crippen MR) is 183 cm³/mol. The molecule has 18 heteroatoms. The molecule has 2 heterocycles. The monoisotopic (exact) mass is 781 g/mol. The van der Waals surface area contributed by atoms with Crippen molar-refractivity contribution < 1.29 is 50.8 Å². The number of aromatic nitrogens is 1. The number of hydrogen-bond acceptors (Lipinski definition) is 10. The third kappa shape index (κ3) is 11.3. The molecule has 2 aliphatic rings. The molecule has 5 rings (SSSR count). The number of sulfonamides is 1. The Bertz CT molecular complexity index is 1720. The number of nitrogens with one attached hydrogen (secondary N) is 1. The van der Waals surface area contributed by atoms with Gasteiger partial charge in [-0.2, -0.15) is 13.5 Å². The molecule has 1 atom stereocenters. The number of nitrogens with zero attached hydrogens (tertiary/aromatic N) is 2. The number of benzene rings is 2. The maximum absolute atomic E-state index is 13.6. The number of phenols is 1. The molecular weight excluding hydrogens is 747 g/mol. The van der Waals surface area contributed by atoms with Crippen molar-refractivity contribution >= 4 is 57.3 Å². The second-order valence-electron chi connectivity index (χ2n) is 11.7. The van der Waals surface area contributed by atoms with E-state index in [0.717, 1.165) is 37.4 Å². The number of anilines is 1. The van der Waals surface area contributed by atoms with Gasteiger partial charge in [0.1, 0.15) is 21.9 Å². The average molecular weight is 783 g/mol. The number of hydrogen-bond donors (Lipinski definition) is 2. The van der Waals surface area contributed by atoms with Crippen LogP contribution < -0.4 is 18.9 Å². The SMILES string of the molecule is Cl.O=C(O[C@@H](Cc1c(Cl)c[n+]([O-])cc1Cl)c1ccc(OC(F)F)c(OCC2CC2)c1)c1ccc(O)c(NS(=O)(=O)CCCN2CCOCC2)c1. The normalized spacial score (nSPS) is 15.6. The number of alkyl halides is 2. The molecule has 1 aromatic heterocycles. The van der Waals surface area contributed by atoms with Gasteiger partial charge in [-0.1, -0.05) is 29.3 Å². The summed E-state index contributed by atoms with van der Waals surface area (Å²) in [5.41, 5.74) is 0.222. The van der Waals surface area contributed by atoms with E-state index in [1.807, 2.05) is 0 Å². The van der Waals surface area contributed by atoms with Gasteiger partial charge in [0.15, 0.2) is 23.9 Å². The standard InChI is InChI=1S/C32H35Cl2F2N3O9S.ClH/c33-24-17-39(42)18-25(34)23(24)16-29(21-5-7-28(48-32(35)36)30(15-21)46-19-20-2-3-20)47-31(41)22-4-6-27(40)26(14-22)37-49(43,44)13-1-8-38-9-11-45-12-10-38;/h4-7,14-15,17-18,20,29,32,37,40H,1-3,8-13,16,19H2;1H/t29-;/m0./s1. The average Bonchev–Trinajstić information content (AvgIpc) is 3.87. The Labute approximate surface area is 304 Å². The molecule has 0 radical (unpaired) electrons. The molecule has 2 fully saturated rings. The number of halogens is 5. The highest BCUT2D eigenvalue weighted by Crippen LogP contribution is 2.38.